The number of ether oxygens (including phenoxy) is 1. The van der Waals surface area contributed by atoms with Crippen LogP contribution in [0, 0.1) is 6.92 Å². The van der Waals surface area contributed by atoms with Crippen molar-refractivity contribution in [2.24, 2.45) is 7.05 Å². The van der Waals surface area contributed by atoms with Gasteiger partial charge in [-0.2, -0.15) is 0 Å². The molecule has 0 bridgehead atoms. The number of para-hydroxylation sites is 1. The number of aryl methyl sites for hydroxylation is 2. The third-order valence-electron chi connectivity index (χ3n) is 5.09. The molecule has 0 aliphatic rings. The molecule has 29 heavy (non-hydrogen) atoms. The third kappa shape index (κ3) is 4.21. The summed E-state index contributed by atoms with van der Waals surface area (Å²) in [5.74, 6) is 0.438. The quantitative estimate of drug-likeness (QED) is 0.543. The molecule has 0 spiro atoms. The molecule has 6 nitrogen and oxygen atoms in total. The number of nitrogens with zero attached hydrogens (tertiary/aromatic N) is 3. The third-order valence-corrected chi connectivity index (χ3v) is 5.09. The first-order chi connectivity index (χ1) is 14.0. The summed E-state index contributed by atoms with van der Waals surface area (Å²) in [7, 11) is 3.43. The number of carbonyl (C=O) groups excluding carboxylic acids is 1. The molecule has 0 saturated carbocycles. The van der Waals surface area contributed by atoms with Crippen molar-refractivity contribution in [3.8, 4) is 0 Å². The second kappa shape index (κ2) is 8.99. The van der Waals surface area contributed by atoms with Gasteiger partial charge in [-0.3, -0.25) is 0 Å². The van der Waals surface area contributed by atoms with E-state index in [9.17, 15) is 4.79 Å². The Labute approximate surface area is 172 Å². The lowest BCUT2D eigenvalue weighted by molar-refractivity contribution is 0.0600. The molecule has 0 unspecified atom stereocenters. The lowest BCUT2D eigenvalue weighted by atomic mass is 10.1. The van der Waals surface area contributed by atoms with E-state index in [0.717, 1.165) is 54.2 Å². The van der Waals surface area contributed by atoms with Crippen LogP contribution in [0.3, 0.4) is 0 Å². The van der Waals surface area contributed by atoms with E-state index in [1.807, 2.05) is 32.2 Å². The highest BCUT2D eigenvalue weighted by molar-refractivity contribution is 5.92. The number of hydrogen-bond acceptors (Lipinski definition) is 5. The number of anilines is 3. The molecule has 0 fully saturated rings. The summed E-state index contributed by atoms with van der Waals surface area (Å²) in [5, 5.41) is 3.43. The highest BCUT2D eigenvalue weighted by atomic mass is 16.5. The average molecular weight is 395 g/mol. The van der Waals surface area contributed by atoms with E-state index in [4.69, 9.17) is 9.72 Å². The molecule has 0 atom stereocenters. The number of nitrogens with one attached hydrogen (secondary N) is 1. The molecule has 0 aliphatic carbocycles. The van der Waals surface area contributed by atoms with Gasteiger partial charge in [-0.25, -0.2) is 9.78 Å². The molecular weight excluding hydrogens is 364 g/mol. The van der Waals surface area contributed by atoms with Gasteiger partial charge in [0.2, 0.25) is 5.95 Å². The van der Waals surface area contributed by atoms with Crippen molar-refractivity contribution in [1.82, 2.24) is 9.55 Å². The van der Waals surface area contributed by atoms with E-state index in [1.165, 1.54) is 12.8 Å². The van der Waals surface area contributed by atoms with Crippen molar-refractivity contribution in [3.05, 3.63) is 47.5 Å². The van der Waals surface area contributed by atoms with Crippen molar-refractivity contribution >= 4 is 34.3 Å². The number of rotatable bonds is 8. The van der Waals surface area contributed by atoms with E-state index >= 15 is 0 Å². The zero-order valence-corrected chi connectivity index (χ0v) is 18.0. The Balaban J connectivity index is 1.98. The zero-order chi connectivity index (χ0) is 21.0. The summed E-state index contributed by atoms with van der Waals surface area (Å²) in [4.78, 5) is 19.0. The zero-order valence-electron chi connectivity index (χ0n) is 18.0. The molecule has 1 N–H and O–H groups in total. The molecule has 3 rings (SSSR count). The normalized spacial score (nSPS) is 10.9. The van der Waals surface area contributed by atoms with E-state index in [-0.39, 0.29) is 5.97 Å². The van der Waals surface area contributed by atoms with E-state index < -0.39 is 0 Å². The summed E-state index contributed by atoms with van der Waals surface area (Å²) in [6.45, 7) is 8.43. The van der Waals surface area contributed by atoms with Crippen molar-refractivity contribution in [2.75, 3.05) is 30.4 Å². The maximum atomic E-state index is 11.8. The van der Waals surface area contributed by atoms with Gasteiger partial charge in [0.15, 0.2) is 0 Å². The fraction of sp³-hybridized carbons (Fsp3) is 0.391. The van der Waals surface area contributed by atoms with Gasteiger partial charge in [0.25, 0.3) is 0 Å². The number of aromatic nitrogens is 2. The van der Waals surface area contributed by atoms with Crippen LogP contribution in [0.4, 0.5) is 17.3 Å². The molecule has 0 radical (unpaired) electrons. The molecule has 2 aromatic carbocycles. The lowest BCUT2D eigenvalue weighted by Gasteiger charge is -2.25. The molecule has 0 saturated heterocycles. The van der Waals surface area contributed by atoms with Gasteiger partial charge in [-0.05, 0) is 55.7 Å². The smallest absolute Gasteiger partial charge is 0.337 e. The van der Waals surface area contributed by atoms with Gasteiger partial charge in [0, 0.05) is 25.8 Å². The monoisotopic (exact) mass is 394 g/mol. The van der Waals surface area contributed by atoms with Crippen LogP contribution in [0.15, 0.2) is 36.4 Å². The fourth-order valence-corrected chi connectivity index (χ4v) is 3.68. The van der Waals surface area contributed by atoms with Gasteiger partial charge in [-0.1, -0.05) is 19.9 Å². The fourth-order valence-electron chi connectivity index (χ4n) is 3.68. The Morgan fingerprint density at radius 2 is 1.90 bits per heavy atom. The van der Waals surface area contributed by atoms with Crippen LogP contribution in [0.5, 0.6) is 0 Å². The summed E-state index contributed by atoms with van der Waals surface area (Å²) in [6, 6.07) is 11.8. The minimum Gasteiger partial charge on any atom is -0.465 e. The summed E-state index contributed by atoms with van der Waals surface area (Å²) >= 11 is 0. The van der Waals surface area contributed by atoms with Gasteiger partial charge < -0.3 is 19.5 Å². The largest absolute Gasteiger partial charge is 0.465 e. The summed E-state index contributed by atoms with van der Waals surface area (Å²) in [5.41, 5.74) is 5.72. The molecule has 154 valence electrons. The first kappa shape index (κ1) is 20.7. The average Bonchev–Trinajstić information content (AvgIpc) is 3.04. The minimum absolute atomic E-state index is 0.334. The number of esters is 1. The Bertz CT molecular complexity index is 1000. The van der Waals surface area contributed by atoms with E-state index in [0.29, 0.717) is 5.56 Å². The number of hydrogen-bond donors (Lipinski definition) is 1. The molecule has 6 heteroatoms. The molecule has 3 aromatic rings. The number of carbonyl (C=O) groups is 1. The maximum absolute atomic E-state index is 11.8. The van der Waals surface area contributed by atoms with Crippen LogP contribution in [0.1, 0.15) is 42.6 Å². The number of methoxy groups -OCH3 is 1. The maximum Gasteiger partial charge on any atom is 0.337 e. The van der Waals surface area contributed by atoms with Gasteiger partial charge in [-0.15, -0.1) is 0 Å². The Morgan fingerprint density at radius 3 is 2.52 bits per heavy atom. The van der Waals surface area contributed by atoms with E-state index in [2.05, 4.69) is 40.8 Å². The predicted molar refractivity (Wildman–Crippen MR) is 119 cm³/mol. The summed E-state index contributed by atoms with van der Waals surface area (Å²) in [6.07, 6.45) is 2.20. The van der Waals surface area contributed by atoms with Crippen LogP contribution in [0.2, 0.25) is 0 Å². The first-order valence-corrected chi connectivity index (χ1v) is 10.2. The second-order valence-corrected chi connectivity index (χ2v) is 7.27. The molecule has 1 heterocycles. The number of fused-ring (bicyclic) bond motifs is 1. The van der Waals surface area contributed by atoms with Crippen LogP contribution >= 0.6 is 0 Å². The Morgan fingerprint density at radius 1 is 1.17 bits per heavy atom. The lowest BCUT2D eigenvalue weighted by Crippen LogP contribution is -2.25. The van der Waals surface area contributed by atoms with Crippen molar-refractivity contribution < 1.29 is 9.53 Å². The van der Waals surface area contributed by atoms with Crippen molar-refractivity contribution in [1.29, 1.82) is 0 Å². The number of benzene rings is 2. The van der Waals surface area contributed by atoms with Crippen molar-refractivity contribution in [2.45, 2.75) is 33.6 Å². The van der Waals surface area contributed by atoms with Crippen molar-refractivity contribution in [3.63, 3.8) is 0 Å². The Hall–Kier alpha value is -3.02. The van der Waals surface area contributed by atoms with Crippen LogP contribution < -0.4 is 10.2 Å². The van der Waals surface area contributed by atoms with Gasteiger partial charge in [0.1, 0.15) is 0 Å². The summed E-state index contributed by atoms with van der Waals surface area (Å²) < 4.78 is 6.91. The van der Waals surface area contributed by atoms with Crippen LogP contribution in [-0.4, -0.2) is 35.7 Å². The predicted octanol–water partition coefficient (Wildman–Crippen LogP) is 5.04. The molecular formula is C23H30N4O2. The van der Waals surface area contributed by atoms with Gasteiger partial charge >= 0.3 is 5.97 Å². The van der Waals surface area contributed by atoms with Crippen LogP contribution in [0.25, 0.3) is 11.0 Å². The number of imidazole rings is 1. The Kier molecular flexibility index (Phi) is 6.42. The topological polar surface area (TPSA) is 59.4 Å². The highest BCUT2D eigenvalue weighted by Crippen LogP contribution is 2.31. The SMILES string of the molecule is CCCN(CCC)c1cccc2nc(Nc3ccc(C(=O)OC)cc3C)n(C)c12. The van der Waals surface area contributed by atoms with Gasteiger partial charge in [0.05, 0.1) is 29.4 Å². The standard InChI is InChI=1S/C23H30N4O2/c1-6-13-27(14-7-2)20-10-8-9-19-21(20)26(4)23(25-19)24-18-12-11-17(15-16(18)3)22(28)29-5/h8-12,15H,6-7,13-14H2,1-5H3,(H,24,25). The molecule has 0 amide bonds. The first-order valence-electron chi connectivity index (χ1n) is 10.2. The molecule has 0 aliphatic heterocycles. The highest BCUT2D eigenvalue weighted by Gasteiger charge is 2.16. The second-order valence-electron chi connectivity index (χ2n) is 7.27. The van der Waals surface area contributed by atoms with E-state index in [1.54, 1.807) is 6.07 Å². The van der Waals surface area contributed by atoms with Crippen LogP contribution in [-0.2, 0) is 11.8 Å². The minimum atomic E-state index is -0.334. The molecule has 1 aromatic heterocycles.